The summed E-state index contributed by atoms with van der Waals surface area (Å²) in [5.41, 5.74) is 1.15. The summed E-state index contributed by atoms with van der Waals surface area (Å²) in [6.07, 6.45) is 2.86. The number of guanidine groups is 1. The van der Waals surface area contributed by atoms with Crippen LogP contribution in [0.2, 0.25) is 0 Å². The van der Waals surface area contributed by atoms with Crippen molar-refractivity contribution < 1.29 is 9.47 Å². The lowest BCUT2D eigenvalue weighted by Crippen LogP contribution is -2.39. The molecule has 0 radical (unpaired) electrons. The number of hydrogen-bond acceptors (Lipinski definition) is 5. The molecule has 1 rings (SSSR count). The largest absolute Gasteiger partial charge is 0.382 e. The van der Waals surface area contributed by atoms with Crippen molar-refractivity contribution >= 4 is 17.3 Å². The minimum atomic E-state index is 0.646. The molecule has 0 fully saturated rings. The molecular formula is C15H28N4O2S. The van der Waals surface area contributed by atoms with Crippen LogP contribution in [-0.4, -0.2) is 58.0 Å². The molecule has 0 aromatic carbocycles. The van der Waals surface area contributed by atoms with Gasteiger partial charge in [-0.1, -0.05) is 6.92 Å². The fraction of sp³-hybridized carbons (Fsp3) is 0.733. The molecule has 1 aromatic heterocycles. The third-order valence-electron chi connectivity index (χ3n) is 2.99. The standard InChI is InChI=1S/C15H28N4O2S/c1-4-14-19-13(12-22-14)6-8-18-15(16-2)17-7-5-9-21-11-10-20-3/h12H,4-11H2,1-3H3,(H2,16,17,18). The highest BCUT2D eigenvalue weighted by Crippen LogP contribution is 2.10. The Hall–Kier alpha value is -1.18. The van der Waals surface area contributed by atoms with Crippen LogP contribution in [0.15, 0.2) is 10.4 Å². The predicted molar refractivity (Wildman–Crippen MR) is 91.9 cm³/mol. The summed E-state index contributed by atoms with van der Waals surface area (Å²) >= 11 is 1.73. The predicted octanol–water partition coefficient (Wildman–Crippen LogP) is 1.47. The molecule has 0 bridgehead atoms. The Bertz CT molecular complexity index is 423. The zero-order chi connectivity index (χ0) is 16.0. The highest BCUT2D eigenvalue weighted by Gasteiger charge is 2.01. The lowest BCUT2D eigenvalue weighted by Gasteiger charge is -2.11. The molecule has 1 heterocycles. The summed E-state index contributed by atoms with van der Waals surface area (Å²) in [4.78, 5) is 8.76. The van der Waals surface area contributed by atoms with Gasteiger partial charge in [-0.3, -0.25) is 4.99 Å². The molecule has 126 valence electrons. The molecule has 0 saturated carbocycles. The van der Waals surface area contributed by atoms with E-state index in [0.717, 1.165) is 50.6 Å². The molecule has 0 saturated heterocycles. The Kier molecular flexibility index (Phi) is 10.6. The third kappa shape index (κ3) is 8.31. The quantitative estimate of drug-likeness (QED) is 0.366. The first-order valence-corrected chi connectivity index (χ1v) is 8.62. The van der Waals surface area contributed by atoms with E-state index in [2.05, 4.69) is 32.9 Å². The number of hydrogen-bond donors (Lipinski definition) is 2. The van der Waals surface area contributed by atoms with Gasteiger partial charge < -0.3 is 20.1 Å². The normalized spacial score (nSPS) is 11.7. The Morgan fingerprint density at radius 3 is 2.77 bits per heavy atom. The van der Waals surface area contributed by atoms with E-state index in [1.54, 1.807) is 25.5 Å². The van der Waals surface area contributed by atoms with Gasteiger partial charge in [0.2, 0.25) is 0 Å². The van der Waals surface area contributed by atoms with E-state index in [1.165, 1.54) is 5.01 Å². The van der Waals surface area contributed by atoms with Crippen molar-refractivity contribution in [3.05, 3.63) is 16.1 Å². The topological polar surface area (TPSA) is 67.8 Å². The number of thiazole rings is 1. The zero-order valence-electron chi connectivity index (χ0n) is 13.9. The van der Waals surface area contributed by atoms with Gasteiger partial charge in [-0.25, -0.2) is 4.98 Å². The van der Waals surface area contributed by atoms with Gasteiger partial charge >= 0.3 is 0 Å². The second-order valence-electron chi connectivity index (χ2n) is 4.72. The summed E-state index contributed by atoms with van der Waals surface area (Å²) in [5.74, 6) is 0.822. The van der Waals surface area contributed by atoms with Crippen molar-refractivity contribution in [1.82, 2.24) is 15.6 Å². The number of aromatic nitrogens is 1. The first-order chi connectivity index (χ1) is 10.8. The van der Waals surface area contributed by atoms with Gasteiger partial charge in [0.05, 0.1) is 23.9 Å². The van der Waals surface area contributed by atoms with Gasteiger partial charge in [0, 0.05) is 45.7 Å². The summed E-state index contributed by atoms with van der Waals surface area (Å²) in [7, 11) is 3.46. The van der Waals surface area contributed by atoms with E-state index in [1.807, 2.05) is 0 Å². The van der Waals surface area contributed by atoms with Gasteiger partial charge in [0.1, 0.15) is 0 Å². The zero-order valence-corrected chi connectivity index (χ0v) is 14.7. The summed E-state index contributed by atoms with van der Waals surface area (Å²) in [6.45, 7) is 5.82. The number of nitrogens with one attached hydrogen (secondary N) is 2. The van der Waals surface area contributed by atoms with Crippen molar-refractivity contribution in [2.75, 3.05) is 47.1 Å². The van der Waals surface area contributed by atoms with E-state index in [9.17, 15) is 0 Å². The molecular weight excluding hydrogens is 300 g/mol. The Morgan fingerprint density at radius 1 is 1.27 bits per heavy atom. The average molecular weight is 328 g/mol. The molecule has 1 aromatic rings. The highest BCUT2D eigenvalue weighted by atomic mass is 32.1. The molecule has 7 heteroatoms. The minimum absolute atomic E-state index is 0.646. The second-order valence-corrected chi connectivity index (χ2v) is 5.66. The maximum atomic E-state index is 5.41. The number of ether oxygens (including phenoxy) is 2. The third-order valence-corrected chi connectivity index (χ3v) is 4.03. The number of rotatable bonds is 11. The smallest absolute Gasteiger partial charge is 0.190 e. The summed E-state index contributed by atoms with van der Waals surface area (Å²) in [5, 5.41) is 9.90. The first kappa shape index (κ1) is 18.9. The van der Waals surface area contributed by atoms with Crippen LogP contribution in [0.5, 0.6) is 0 Å². The lowest BCUT2D eigenvalue weighted by atomic mass is 10.3. The van der Waals surface area contributed by atoms with Crippen molar-refractivity contribution in [3.63, 3.8) is 0 Å². The van der Waals surface area contributed by atoms with E-state index in [0.29, 0.717) is 13.2 Å². The molecule has 0 spiro atoms. The SMILES string of the molecule is CCc1nc(CCNC(=NC)NCCCOCCOC)cs1. The van der Waals surface area contributed by atoms with Crippen LogP contribution in [0, 0.1) is 0 Å². The lowest BCUT2D eigenvalue weighted by molar-refractivity contribution is 0.0698. The molecule has 6 nitrogen and oxygen atoms in total. The molecule has 22 heavy (non-hydrogen) atoms. The molecule has 2 N–H and O–H groups in total. The summed E-state index contributed by atoms with van der Waals surface area (Å²) in [6, 6.07) is 0. The van der Waals surface area contributed by atoms with Crippen LogP contribution in [0.4, 0.5) is 0 Å². The van der Waals surface area contributed by atoms with Crippen molar-refractivity contribution in [2.24, 2.45) is 4.99 Å². The van der Waals surface area contributed by atoms with Gasteiger partial charge in [0.25, 0.3) is 0 Å². The molecule has 0 aliphatic heterocycles. The van der Waals surface area contributed by atoms with E-state index >= 15 is 0 Å². The Morgan fingerprint density at radius 2 is 2.09 bits per heavy atom. The number of aryl methyl sites for hydroxylation is 1. The van der Waals surface area contributed by atoms with Gasteiger partial charge in [-0.15, -0.1) is 11.3 Å². The molecule has 0 atom stereocenters. The second kappa shape index (κ2) is 12.4. The average Bonchev–Trinajstić information content (AvgIpc) is 3.00. The van der Waals surface area contributed by atoms with Crippen LogP contribution in [0.1, 0.15) is 24.0 Å². The van der Waals surface area contributed by atoms with Crippen LogP contribution in [0.3, 0.4) is 0 Å². The van der Waals surface area contributed by atoms with E-state index in [4.69, 9.17) is 9.47 Å². The fourth-order valence-corrected chi connectivity index (χ4v) is 2.56. The summed E-state index contributed by atoms with van der Waals surface area (Å²) < 4.78 is 10.3. The van der Waals surface area contributed by atoms with E-state index in [-0.39, 0.29) is 0 Å². The monoisotopic (exact) mass is 328 g/mol. The Balaban J connectivity index is 2.07. The van der Waals surface area contributed by atoms with Crippen molar-refractivity contribution in [2.45, 2.75) is 26.2 Å². The van der Waals surface area contributed by atoms with E-state index < -0.39 is 0 Å². The minimum Gasteiger partial charge on any atom is -0.382 e. The Labute approximate surface area is 137 Å². The van der Waals surface area contributed by atoms with Gasteiger partial charge in [0.15, 0.2) is 5.96 Å². The maximum absolute atomic E-state index is 5.41. The van der Waals surface area contributed by atoms with Crippen LogP contribution in [-0.2, 0) is 22.3 Å². The number of nitrogens with zero attached hydrogens (tertiary/aromatic N) is 2. The number of methoxy groups -OCH3 is 1. The van der Waals surface area contributed by atoms with Gasteiger partial charge in [-0.2, -0.15) is 0 Å². The molecule has 0 aliphatic carbocycles. The maximum Gasteiger partial charge on any atom is 0.190 e. The van der Waals surface area contributed by atoms with Crippen molar-refractivity contribution in [3.8, 4) is 0 Å². The molecule has 0 amide bonds. The molecule has 0 unspecified atom stereocenters. The van der Waals surface area contributed by atoms with Crippen LogP contribution < -0.4 is 10.6 Å². The van der Waals surface area contributed by atoms with Crippen molar-refractivity contribution in [1.29, 1.82) is 0 Å². The molecule has 0 aliphatic rings. The highest BCUT2D eigenvalue weighted by molar-refractivity contribution is 7.09. The fourth-order valence-electron chi connectivity index (χ4n) is 1.78. The van der Waals surface area contributed by atoms with Crippen LogP contribution in [0.25, 0.3) is 0 Å². The van der Waals surface area contributed by atoms with Crippen LogP contribution >= 0.6 is 11.3 Å². The van der Waals surface area contributed by atoms with Gasteiger partial charge in [-0.05, 0) is 12.8 Å². The number of aliphatic imine (C=N–C) groups is 1. The first-order valence-electron chi connectivity index (χ1n) is 7.74.